The van der Waals surface area contributed by atoms with Gasteiger partial charge in [-0.05, 0) is 38.0 Å². The Morgan fingerprint density at radius 2 is 1.57 bits per heavy atom. The molecule has 0 saturated carbocycles. The van der Waals surface area contributed by atoms with Crippen LogP contribution in [0.25, 0.3) is 0 Å². The lowest BCUT2D eigenvalue weighted by Crippen LogP contribution is -2.25. The van der Waals surface area contributed by atoms with E-state index in [2.05, 4.69) is 46.5 Å². The summed E-state index contributed by atoms with van der Waals surface area (Å²) in [7, 11) is 0. The summed E-state index contributed by atoms with van der Waals surface area (Å²) in [6.07, 6.45) is 3.63. The molecule has 1 N–H and O–H groups in total. The molecule has 0 aliphatic heterocycles. The Balaban J connectivity index is 3.60. The quantitative estimate of drug-likeness (QED) is 0.651. The van der Waals surface area contributed by atoms with Gasteiger partial charge in [0.15, 0.2) is 0 Å². The number of hydrogen-bond donors (Lipinski definition) is 1. The molecule has 0 rings (SSSR count). The first kappa shape index (κ1) is 13.5. The third-order valence-corrected chi connectivity index (χ3v) is 2.28. The van der Waals surface area contributed by atoms with Crippen molar-refractivity contribution in [1.82, 2.24) is 5.32 Å². The van der Waals surface area contributed by atoms with E-state index in [0.717, 1.165) is 12.3 Å². The van der Waals surface area contributed by atoms with E-state index in [9.17, 15) is 0 Å². The van der Waals surface area contributed by atoms with Gasteiger partial charge in [0, 0.05) is 11.7 Å². The van der Waals surface area contributed by atoms with E-state index >= 15 is 0 Å². The third kappa shape index (κ3) is 8.15. The SMILES string of the molecule is C=C(CC(C)C)NC(C)CCC(C)C. The molecule has 0 aliphatic carbocycles. The second kappa shape index (κ2) is 6.92. The van der Waals surface area contributed by atoms with Crippen LogP contribution < -0.4 is 5.32 Å². The summed E-state index contributed by atoms with van der Waals surface area (Å²) in [5.41, 5.74) is 1.19. The average Bonchev–Trinajstić information content (AvgIpc) is 1.98. The highest BCUT2D eigenvalue weighted by Gasteiger charge is 2.05. The molecule has 1 nitrogen and oxygen atoms in total. The zero-order chi connectivity index (χ0) is 11.1. The Morgan fingerprint density at radius 1 is 1.00 bits per heavy atom. The van der Waals surface area contributed by atoms with Crippen LogP contribution >= 0.6 is 0 Å². The van der Waals surface area contributed by atoms with Crippen molar-refractivity contribution in [3.05, 3.63) is 12.3 Å². The first-order valence-electron chi connectivity index (χ1n) is 5.86. The van der Waals surface area contributed by atoms with Gasteiger partial charge in [0.1, 0.15) is 0 Å². The van der Waals surface area contributed by atoms with E-state index in [1.165, 1.54) is 18.5 Å². The second-order valence-corrected chi connectivity index (χ2v) is 5.22. The Kier molecular flexibility index (Phi) is 6.69. The summed E-state index contributed by atoms with van der Waals surface area (Å²) in [5, 5.41) is 3.47. The Morgan fingerprint density at radius 3 is 2.00 bits per heavy atom. The molecular weight excluding hydrogens is 170 g/mol. The van der Waals surface area contributed by atoms with Gasteiger partial charge < -0.3 is 5.32 Å². The molecule has 1 heteroatoms. The maximum atomic E-state index is 4.05. The monoisotopic (exact) mass is 197 g/mol. The fourth-order valence-electron chi connectivity index (χ4n) is 1.56. The Bertz CT molecular complexity index is 159. The molecule has 0 aromatic rings. The lowest BCUT2D eigenvalue weighted by Gasteiger charge is -2.19. The van der Waals surface area contributed by atoms with Gasteiger partial charge in [0.2, 0.25) is 0 Å². The zero-order valence-electron chi connectivity index (χ0n) is 10.6. The van der Waals surface area contributed by atoms with Crippen molar-refractivity contribution >= 4 is 0 Å². The van der Waals surface area contributed by atoms with Gasteiger partial charge in [-0.1, -0.05) is 34.3 Å². The molecule has 0 spiro atoms. The van der Waals surface area contributed by atoms with Crippen molar-refractivity contribution in [2.24, 2.45) is 11.8 Å². The van der Waals surface area contributed by atoms with Crippen LogP contribution in [0.4, 0.5) is 0 Å². The molecule has 0 amide bonds. The van der Waals surface area contributed by atoms with Crippen molar-refractivity contribution < 1.29 is 0 Å². The Labute approximate surface area is 90.0 Å². The summed E-state index contributed by atoms with van der Waals surface area (Å²) < 4.78 is 0. The summed E-state index contributed by atoms with van der Waals surface area (Å²) in [4.78, 5) is 0. The van der Waals surface area contributed by atoms with Gasteiger partial charge in [-0.25, -0.2) is 0 Å². The fraction of sp³-hybridized carbons (Fsp3) is 0.846. The highest BCUT2D eigenvalue weighted by Crippen LogP contribution is 2.10. The average molecular weight is 197 g/mol. The van der Waals surface area contributed by atoms with E-state index in [-0.39, 0.29) is 0 Å². The molecule has 14 heavy (non-hydrogen) atoms. The lowest BCUT2D eigenvalue weighted by atomic mass is 10.0. The second-order valence-electron chi connectivity index (χ2n) is 5.22. The van der Waals surface area contributed by atoms with Crippen LogP contribution in [0.1, 0.15) is 53.9 Å². The first-order valence-corrected chi connectivity index (χ1v) is 5.86. The van der Waals surface area contributed by atoms with Crippen LogP contribution in [0, 0.1) is 11.8 Å². The fourth-order valence-corrected chi connectivity index (χ4v) is 1.56. The number of nitrogens with one attached hydrogen (secondary N) is 1. The van der Waals surface area contributed by atoms with Gasteiger partial charge in [-0.2, -0.15) is 0 Å². The Hall–Kier alpha value is -0.460. The smallest absolute Gasteiger partial charge is 0.0229 e. The van der Waals surface area contributed by atoms with E-state index < -0.39 is 0 Å². The minimum atomic E-state index is 0.573. The molecule has 84 valence electrons. The van der Waals surface area contributed by atoms with Gasteiger partial charge in [0.05, 0.1) is 0 Å². The van der Waals surface area contributed by atoms with Crippen LogP contribution in [-0.2, 0) is 0 Å². The van der Waals surface area contributed by atoms with E-state index in [1.54, 1.807) is 0 Å². The van der Waals surface area contributed by atoms with E-state index in [4.69, 9.17) is 0 Å². The minimum absolute atomic E-state index is 0.573. The highest BCUT2D eigenvalue weighted by atomic mass is 14.9. The van der Waals surface area contributed by atoms with Crippen LogP contribution in [0.5, 0.6) is 0 Å². The molecule has 0 aliphatic rings. The summed E-state index contributed by atoms with van der Waals surface area (Å²) in [6.45, 7) is 15.3. The van der Waals surface area contributed by atoms with E-state index in [1.807, 2.05) is 0 Å². The minimum Gasteiger partial charge on any atom is -0.386 e. The van der Waals surface area contributed by atoms with Gasteiger partial charge in [0.25, 0.3) is 0 Å². The zero-order valence-corrected chi connectivity index (χ0v) is 10.6. The molecule has 0 aromatic heterocycles. The molecule has 0 fully saturated rings. The third-order valence-electron chi connectivity index (χ3n) is 2.28. The predicted molar refractivity (Wildman–Crippen MR) is 65.3 cm³/mol. The molecule has 1 unspecified atom stereocenters. The van der Waals surface area contributed by atoms with E-state index in [0.29, 0.717) is 12.0 Å². The van der Waals surface area contributed by atoms with Crippen molar-refractivity contribution in [3.8, 4) is 0 Å². The van der Waals surface area contributed by atoms with Crippen molar-refractivity contribution in [2.45, 2.75) is 59.9 Å². The van der Waals surface area contributed by atoms with Crippen LogP contribution in [-0.4, -0.2) is 6.04 Å². The van der Waals surface area contributed by atoms with Gasteiger partial charge >= 0.3 is 0 Å². The molecule has 0 heterocycles. The van der Waals surface area contributed by atoms with Crippen molar-refractivity contribution in [1.29, 1.82) is 0 Å². The molecule has 0 radical (unpaired) electrons. The maximum Gasteiger partial charge on any atom is 0.0229 e. The summed E-state index contributed by atoms with van der Waals surface area (Å²) in [6, 6.07) is 0.573. The molecule has 1 atom stereocenters. The highest BCUT2D eigenvalue weighted by molar-refractivity contribution is 4.93. The predicted octanol–water partition coefficient (Wildman–Crippen LogP) is 3.96. The van der Waals surface area contributed by atoms with Crippen LogP contribution in [0.3, 0.4) is 0 Å². The largest absolute Gasteiger partial charge is 0.386 e. The summed E-state index contributed by atoms with van der Waals surface area (Å²) >= 11 is 0. The number of rotatable bonds is 7. The topological polar surface area (TPSA) is 12.0 Å². The van der Waals surface area contributed by atoms with Gasteiger partial charge in [-0.3, -0.25) is 0 Å². The molecule has 0 bridgehead atoms. The molecule has 0 aromatic carbocycles. The van der Waals surface area contributed by atoms with Crippen molar-refractivity contribution in [3.63, 3.8) is 0 Å². The number of allylic oxidation sites excluding steroid dienone is 1. The lowest BCUT2D eigenvalue weighted by molar-refractivity contribution is 0.464. The van der Waals surface area contributed by atoms with Crippen LogP contribution in [0.2, 0.25) is 0 Å². The summed E-state index contributed by atoms with van der Waals surface area (Å²) in [5.74, 6) is 1.50. The first-order chi connectivity index (χ1) is 6.41. The molecule has 0 saturated heterocycles. The normalized spacial score (nSPS) is 13.4. The number of hydrogen-bond acceptors (Lipinski definition) is 1. The standard InChI is InChI=1S/C13H27N/c1-10(2)7-8-12(5)14-13(6)9-11(3)4/h10-12,14H,6-9H2,1-5H3. The maximum absolute atomic E-state index is 4.05. The van der Waals surface area contributed by atoms with Gasteiger partial charge in [-0.15, -0.1) is 0 Å². The molecular formula is C13H27N. The van der Waals surface area contributed by atoms with Crippen molar-refractivity contribution in [2.75, 3.05) is 0 Å². The van der Waals surface area contributed by atoms with Crippen LogP contribution in [0.15, 0.2) is 12.3 Å².